The molecular weight excluding hydrogens is 390 g/mol. The maximum absolute atomic E-state index is 12.5. The van der Waals surface area contributed by atoms with Crippen molar-refractivity contribution in [3.8, 4) is 16.9 Å². The van der Waals surface area contributed by atoms with Crippen molar-refractivity contribution in [2.45, 2.75) is 13.5 Å². The molecule has 6 heteroatoms. The lowest BCUT2D eigenvalue weighted by molar-refractivity contribution is 0.0696. The smallest absolute Gasteiger partial charge is 0.335 e. The van der Waals surface area contributed by atoms with Gasteiger partial charge in [-0.05, 0) is 54.4 Å². The molecule has 3 aromatic rings. The summed E-state index contributed by atoms with van der Waals surface area (Å²) < 4.78 is 5.68. The number of nitrogens with one attached hydrogen (secondary N) is 1. The number of carbonyl (C=O) groups is 2. The Bertz CT molecular complexity index is 1050. The van der Waals surface area contributed by atoms with Crippen LogP contribution in [0.1, 0.15) is 33.2 Å². The van der Waals surface area contributed by atoms with Gasteiger partial charge >= 0.3 is 5.97 Å². The summed E-state index contributed by atoms with van der Waals surface area (Å²) in [4.78, 5) is 23.7. The number of carboxylic acids is 1. The SMILES string of the molecule is CCOc1ccc(-c2cccc(C(=O)O)c2)cc1CNC(=O)c1ccccc1Cl. The average molecular weight is 410 g/mol. The number of aromatic carboxylic acids is 1. The van der Waals surface area contributed by atoms with Crippen LogP contribution in [0.5, 0.6) is 5.75 Å². The molecule has 0 atom stereocenters. The van der Waals surface area contributed by atoms with E-state index in [9.17, 15) is 14.7 Å². The summed E-state index contributed by atoms with van der Waals surface area (Å²) in [6, 6.07) is 19.1. The number of ether oxygens (including phenoxy) is 1. The van der Waals surface area contributed by atoms with Gasteiger partial charge in [-0.25, -0.2) is 4.79 Å². The van der Waals surface area contributed by atoms with Crippen LogP contribution in [0.4, 0.5) is 0 Å². The highest BCUT2D eigenvalue weighted by Gasteiger charge is 2.13. The maximum atomic E-state index is 12.5. The molecule has 0 saturated heterocycles. The lowest BCUT2D eigenvalue weighted by Crippen LogP contribution is -2.23. The first-order valence-electron chi connectivity index (χ1n) is 9.11. The molecule has 3 rings (SSSR count). The second kappa shape index (κ2) is 9.26. The van der Waals surface area contributed by atoms with Crippen LogP contribution in [-0.2, 0) is 6.54 Å². The molecule has 0 aliphatic heterocycles. The topological polar surface area (TPSA) is 75.6 Å². The van der Waals surface area contributed by atoms with Crippen LogP contribution in [0.15, 0.2) is 66.7 Å². The first kappa shape index (κ1) is 20.4. The van der Waals surface area contributed by atoms with Gasteiger partial charge in [-0.2, -0.15) is 0 Å². The third-order valence-corrected chi connectivity index (χ3v) is 4.69. The lowest BCUT2D eigenvalue weighted by Gasteiger charge is -2.14. The molecule has 0 spiro atoms. The lowest BCUT2D eigenvalue weighted by atomic mass is 10.0. The third kappa shape index (κ3) is 4.95. The Morgan fingerprint density at radius 1 is 1.00 bits per heavy atom. The second-order valence-corrected chi connectivity index (χ2v) is 6.71. The molecule has 0 radical (unpaired) electrons. The number of halogens is 1. The Balaban J connectivity index is 1.87. The van der Waals surface area contributed by atoms with E-state index in [0.29, 0.717) is 22.9 Å². The van der Waals surface area contributed by atoms with Crippen LogP contribution in [0.2, 0.25) is 5.02 Å². The number of carboxylic acid groups (broad SMARTS) is 1. The van der Waals surface area contributed by atoms with Crippen molar-refractivity contribution < 1.29 is 19.4 Å². The van der Waals surface area contributed by atoms with Crippen LogP contribution in [0, 0.1) is 0 Å². The molecule has 0 saturated carbocycles. The van der Waals surface area contributed by atoms with Crippen LogP contribution in [0.25, 0.3) is 11.1 Å². The Hall–Kier alpha value is -3.31. The second-order valence-electron chi connectivity index (χ2n) is 6.30. The van der Waals surface area contributed by atoms with Crippen LogP contribution >= 0.6 is 11.6 Å². The Kier molecular flexibility index (Phi) is 6.52. The largest absolute Gasteiger partial charge is 0.494 e. The average Bonchev–Trinajstić information content (AvgIpc) is 2.73. The van der Waals surface area contributed by atoms with Crippen molar-refractivity contribution in [1.29, 1.82) is 0 Å². The molecule has 0 aliphatic rings. The van der Waals surface area contributed by atoms with Crippen LogP contribution < -0.4 is 10.1 Å². The summed E-state index contributed by atoms with van der Waals surface area (Å²) in [5.74, 6) is -0.605. The zero-order valence-electron chi connectivity index (χ0n) is 15.8. The highest BCUT2D eigenvalue weighted by atomic mass is 35.5. The fourth-order valence-electron chi connectivity index (χ4n) is 2.94. The number of hydrogen-bond donors (Lipinski definition) is 2. The van der Waals surface area contributed by atoms with Gasteiger partial charge in [0.1, 0.15) is 5.75 Å². The number of hydrogen-bond acceptors (Lipinski definition) is 3. The summed E-state index contributed by atoms with van der Waals surface area (Å²) in [6.45, 7) is 2.61. The molecule has 0 fully saturated rings. The Morgan fingerprint density at radius 2 is 1.76 bits per heavy atom. The van der Waals surface area contributed by atoms with Crippen molar-refractivity contribution >= 4 is 23.5 Å². The zero-order chi connectivity index (χ0) is 20.8. The molecule has 148 valence electrons. The minimum Gasteiger partial charge on any atom is -0.494 e. The number of carbonyl (C=O) groups excluding carboxylic acids is 1. The molecular formula is C23H20ClNO4. The normalized spacial score (nSPS) is 10.4. The first-order chi connectivity index (χ1) is 14.0. The Morgan fingerprint density at radius 3 is 2.48 bits per heavy atom. The van der Waals surface area contributed by atoms with E-state index in [4.69, 9.17) is 16.3 Å². The fraction of sp³-hybridized carbons (Fsp3) is 0.130. The van der Waals surface area contributed by atoms with Gasteiger partial charge < -0.3 is 15.2 Å². The summed E-state index contributed by atoms with van der Waals surface area (Å²) in [6.07, 6.45) is 0. The minimum absolute atomic E-state index is 0.213. The monoisotopic (exact) mass is 409 g/mol. The minimum atomic E-state index is -0.981. The van der Waals surface area contributed by atoms with Gasteiger partial charge in [0.25, 0.3) is 5.91 Å². The van der Waals surface area contributed by atoms with E-state index in [0.717, 1.165) is 16.7 Å². The van der Waals surface area contributed by atoms with Crippen molar-refractivity contribution in [2.24, 2.45) is 0 Å². The van der Waals surface area contributed by atoms with Crippen LogP contribution in [-0.4, -0.2) is 23.6 Å². The molecule has 0 aromatic heterocycles. The van der Waals surface area contributed by atoms with Gasteiger partial charge in [-0.3, -0.25) is 4.79 Å². The molecule has 1 amide bonds. The molecule has 0 unspecified atom stereocenters. The van der Waals surface area contributed by atoms with Gasteiger partial charge in [-0.1, -0.05) is 41.9 Å². The highest BCUT2D eigenvalue weighted by Crippen LogP contribution is 2.28. The predicted octanol–water partition coefficient (Wildman–Crippen LogP) is 5.03. The van der Waals surface area contributed by atoms with Gasteiger partial charge in [0.15, 0.2) is 0 Å². The summed E-state index contributed by atoms with van der Waals surface area (Å²) in [7, 11) is 0. The summed E-state index contributed by atoms with van der Waals surface area (Å²) in [5, 5.41) is 12.5. The summed E-state index contributed by atoms with van der Waals surface area (Å²) in [5.41, 5.74) is 3.00. The van der Waals surface area contributed by atoms with Gasteiger partial charge in [0.2, 0.25) is 0 Å². The molecule has 5 nitrogen and oxygen atoms in total. The molecule has 0 aliphatic carbocycles. The maximum Gasteiger partial charge on any atom is 0.335 e. The number of rotatable bonds is 7. The van der Waals surface area contributed by atoms with Crippen LogP contribution in [0.3, 0.4) is 0 Å². The van der Waals surface area contributed by atoms with E-state index in [1.807, 2.05) is 31.2 Å². The fourth-order valence-corrected chi connectivity index (χ4v) is 3.16. The first-order valence-corrected chi connectivity index (χ1v) is 9.49. The van der Waals surface area contributed by atoms with E-state index in [1.165, 1.54) is 0 Å². The van der Waals surface area contributed by atoms with Crippen molar-refractivity contribution in [3.63, 3.8) is 0 Å². The highest BCUT2D eigenvalue weighted by molar-refractivity contribution is 6.33. The van der Waals surface area contributed by atoms with E-state index < -0.39 is 5.97 Å². The van der Waals surface area contributed by atoms with Crippen molar-refractivity contribution in [2.75, 3.05) is 6.61 Å². The molecule has 3 aromatic carbocycles. The molecule has 2 N–H and O–H groups in total. The number of benzene rings is 3. The third-order valence-electron chi connectivity index (χ3n) is 4.36. The standard InChI is InChI=1S/C23H20ClNO4/c1-2-29-21-11-10-16(15-6-5-7-17(12-15)23(27)28)13-18(21)14-25-22(26)19-8-3-4-9-20(19)24/h3-13H,2,14H2,1H3,(H,25,26)(H,27,28). The molecule has 0 bridgehead atoms. The van der Waals surface area contributed by atoms with Gasteiger partial charge in [0.05, 0.1) is 22.8 Å². The quantitative estimate of drug-likeness (QED) is 0.573. The molecule has 29 heavy (non-hydrogen) atoms. The Labute approximate surface area is 173 Å². The van der Waals surface area contributed by atoms with E-state index in [-0.39, 0.29) is 18.0 Å². The van der Waals surface area contributed by atoms with E-state index in [2.05, 4.69) is 5.32 Å². The van der Waals surface area contributed by atoms with E-state index >= 15 is 0 Å². The van der Waals surface area contributed by atoms with Crippen molar-refractivity contribution in [3.05, 3.63) is 88.4 Å². The zero-order valence-corrected chi connectivity index (χ0v) is 16.6. The van der Waals surface area contributed by atoms with Crippen molar-refractivity contribution in [1.82, 2.24) is 5.32 Å². The molecule has 0 heterocycles. The predicted molar refractivity (Wildman–Crippen MR) is 113 cm³/mol. The summed E-state index contributed by atoms with van der Waals surface area (Å²) >= 11 is 6.09. The van der Waals surface area contributed by atoms with Gasteiger partial charge in [0, 0.05) is 12.1 Å². The van der Waals surface area contributed by atoms with E-state index in [1.54, 1.807) is 42.5 Å². The van der Waals surface area contributed by atoms with Gasteiger partial charge in [-0.15, -0.1) is 0 Å². The number of amides is 1.